The molecule has 0 rings (SSSR count). The first kappa shape index (κ1) is 19.0. The third-order valence-electron chi connectivity index (χ3n) is 4.01. The van der Waals surface area contributed by atoms with Crippen LogP contribution in [0.15, 0.2) is 12.0 Å². The Morgan fingerprint density at radius 1 is 1.20 bits per heavy atom. The van der Waals surface area contributed by atoms with E-state index in [2.05, 4.69) is 6.92 Å². The standard InChI is InChI=1S/C16H31NO3/c1-5-8-9-10-11-15(18)13-17(6-2,7-3)12-14(4)16(19)20/h13-14H,5-12H2,1-4H3,(H-,18,19,20)/b15-13-. The van der Waals surface area contributed by atoms with Gasteiger partial charge in [-0.25, -0.2) is 0 Å². The molecule has 0 bridgehead atoms. The molecule has 0 aliphatic carbocycles. The minimum absolute atomic E-state index is 0.385. The largest absolute Gasteiger partial charge is 0.550 e. The summed E-state index contributed by atoms with van der Waals surface area (Å²) in [6.45, 7) is 9.88. The smallest absolute Gasteiger partial charge is 0.145 e. The molecule has 0 saturated heterocycles. The van der Waals surface area contributed by atoms with Crippen LogP contribution in [0.2, 0.25) is 0 Å². The van der Waals surface area contributed by atoms with E-state index in [1.165, 1.54) is 12.8 Å². The number of carboxylic acid groups (broad SMARTS) is 1. The van der Waals surface area contributed by atoms with E-state index < -0.39 is 11.9 Å². The van der Waals surface area contributed by atoms with Crippen molar-refractivity contribution in [3.63, 3.8) is 0 Å². The minimum Gasteiger partial charge on any atom is -0.550 e. The quantitative estimate of drug-likeness (QED) is 0.360. The molecule has 0 aromatic rings. The van der Waals surface area contributed by atoms with Crippen LogP contribution in [0.4, 0.5) is 0 Å². The summed E-state index contributed by atoms with van der Waals surface area (Å²) in [5.74, 6) is -1.15. The molecule has 0 radical (unpaired) electrons. The minimum atomic E-state index is -1.02. The number of rotatable bonds is 11. The third-order valence-corrected chi connectivity index (χ3v) is 4.01. The Bertz CT molecular complexity index is 309. The summed E-state index contributed by atoms with van der Waals surface area (Å²) < 4.78 is 0.495. The maximum absolute atomic E-state index is 10.9. The second-order valence-corrected chi connectivity index (χ2v) is 5.68. The second kappa shape index (κ2) is 9.81. The molecule has 1 unspecified atom stereocenters. The average Bonchev–Trinajstić information content (AvgIpc) is 2.42. The molecule has 20 heavy (non-hydrogen) atoms. The molecule has 118 valence electrons. The van der Waals surface area contributed by atoms with Crippen molar-refractivity contribution in [3.8, 4) is 0 Å². The Morgan fingerprint density at radius 2 is 1.80 bits per heavy atom. The molecule has 0 spiro atoms. The van der Waals surface area contributed by atoms with Gasteiger partial charge in [-0.3, -0.25) is 4.48 Å². The molecule has 0 aliphatic heterocycles. The Hall–Kier alpha value is -1.03. The number of aliphatic carboxylic acids is 1. The lowest BCUT2D eigenvalue weighted by Gasteiger charge is -2.35. The summed E-state index contributed by atoms with van der Waals surface area (Å²) in [5, 5.41) is 21.0. The van der Waals surface area contributed by atoms with Crippen LogP contribution in [0.5, 0.6) is 0 Å². The highest BCUT2D eigenvalue weighted by Crippen LogP contribution is 2.17. The van der Waals surface area contributed by atoms with Crippen molar-refractivity contribution in [1.82, 2.24) is 0 Å². The van der Waals surface area contributed by atoms with E-state index in [1.54, 1.807) is 6.92 Å². The number of hydrogen-bond donors (Lipinski definition) is 1. The topological polar surface area (TPSA) is 60.4 Å². The Morgan fingerprint density at radius 3 is 2.25 bits per heavy atom. The Balaban J connectivity index is 4.67. The summed E-state index contributed by atoms with van der Waals surface area (Å²) >= 11 is 0. The van der Waals surface area contributed by atoms with Crippen molar-refractivity contribution < 1.29 is 19.5 Å². The van der Waals surface area contributed by atoms with Crippen molar-refractivity contribution in [1.29, 1.82) is 0 Å². The highest BCUT2D eigenvalue weighted by atomic mass is 16.4. The number of quaternary nitrogens is 1. The van der Waals surface area contributed by atoms with Gasteiger partial charge in [0.1, 0.15) is 12.0 Å². The molecule has 1 atom stereocenters. The van der Waals surface area contributed by atoms with E-state index in [0.29, 0.717) is 23.2 Å². The number of carbonyl (C=O) groups excluding carboxylic acids is 1. The zero-order valence-corrected chi connectivity index (χ0v) is 13.5. The zero-order chi connectivity index (χ0) is 15.6. The third kappa shape index (κ3) is 6.94. The van der Waals surface area contributed by atoms with Crippen LogP contribution in [0.25, 0.3) is 0 Å². The molecule has 0 heterocycles. The van der Waals surface area contributed by atoms with Gasteiger partial charge in [0.05, 0.1) is 19.6 Å². The summed E-state index contributed by atoms with van der Waals surface area (Å²) in [4.78, 5) is 10.9. The van der Waals surface area contributed by atoms with Gasteiger partial charge in [0.15, 0.2) is 0 Å². The van der Waals surface area contributed by atoms with E-state index in [9.17, 15) is 15.0 Å². The van der Waals surface area contributed by atoms with E-state index in [1.807, 2.05) is 20.0 Å². The van der Waals surface area contributed by atoms with Gasteiger partial charge in [0.2, 0.25) is 0 Å². The lowest BCUT2D eigenvalue weighted by molar-refractivity contribution is -0.879. The van der Waals surface area contributed by atoms with Gasteiger partial charge >= 0.3 is 0 Å². The average molecular weight is 285 g/mol. The first-order valence-corrected chi connectivity index (χ1v) is 7.88. The second-order valence-electron chi connectivity index (χ2n) is 5.68. The molecule has 0 fully saturated rings. The number of aliphatic hydroxyl groups is 1. The fraction of sp³-hybridized carbons (Fsp3) is 0.812. The number of nitrogens with zero attached hydrogens (tertiary/aromatic N) is 1. The van der Waals surface area contributed by atoms with E-state index >= 15 is 0 Å². The van der Waals surface area contributed by atoms with Crippen molar-refractivity contribution in [2.24, 2.45) is 5.92 Å². The van der Waals surface area contributed by atoms with Gasteiger partial charge < -0.3 is 15.0 Å². The SMILES string of the molecule is CCCCCC/C(O)=C/[N+](CC)(CC)CC(C)C(=O)[O-]. The lowest BCUT2D eigenvalue weighted by Crippen LogP contribution is -2.49. The predicted molar refractivity (Wildman–Crippen MR) is 79.9 cm³/mol. The lowest BCUT2D eigenvalue weighted by atomic mass is 10.1. The van der Waals surface area contributed by atoms with Crippen LogP contribution in [0.1, 0.15) is 59.8 Å². The van der Waals surface area contributed by atoms with Crippen molar-refractivity contribution in [3.05, 3.63) is 12.0 Å². The number of carboxylic acids is 1. The van der Waals surface area contributed by atoms with Gasteiger partial charge in [-0.1, -0.05) is 33.1 Å². The number of hydrogen-bond acceptors (Lipinski definition) is 3. The molecule has 0 aromatic carbocycles. The summed E-state index contributed by atoms with van der Waals surface area (Å²) in [6.07, 6.45) is 7.00. The van der Waals surface area contributed by atoms with Crippen LogP contribution in [0.3, 0.4) is 0 Å². The van der Waals surface area contributed by atoms with E-state index in [0.717, 1.165) is 25.9 Å². The van der Waals surface area contributed by atoms with Crippen molar-refractivity contribution in [2.45, 2.75) is 59.8 Å². The monoisotopic (exact) mass is 285 g/mol. The maximum atomic E-state index is 10.9. The molecular formula is C16H31NO3. The van der Waals surface area contributed by atoms with Crippen molar-refractivity contribution >= 4 is 5.97 Å². The normalized spacial score (nSPS) is 14.3. The Labute approximate surface area is 123 Å². The number of allylic oxidation sites excluding steroid dienone is 1. The summed E-state index contributed by atoms with van der Waals surface area (Å²) in [5.41, 5.74) is 0. The van der Waals surface area contributed by atoms with Gasteiger partial charge in [0, 0.05) is 18.3 Å². The molecule has 4 heteroatoms. The molecule has 0 aliphatic rings. The number of unbranched alkanes of at least 4 members (excludes halogenated alkanes) is 3. The van der Waals surface area contributed by atoms with Gasteiger partial charge in [0.25, 0.3) is 0 Å². The van der Waals surface area contributed by atoms with Crippen LogP contribution < -0.4 is 5.11 Å². The summed E-state index contributed by atoms with van der Waals surface area (Å²) in [6, 6.07) is 0. The fourth-order valence-electron chi connectivity index (χ4n) is 2.45. The van der Waals surface area contributed by atoms with Crippen LogP contribution in [-0.4, -0.2) is 35.2 Å². The van der Waals surface area contributed by atoms with Crippen LogP contribution in [0, 0.1) is 5.92 Å². The summed E-state index contributed by atoms with van der Waals surface area (Å²) in [7, 11) is 0. The van der Waals surface area contributed by atoms with Crippen molar-refractivity contribution in [2.75, 3.05) is 19.6 Å². The van der Waals surface area contributed by atoms with Gasteiger partial charge in [-0.15, -0.1) is 0 Å². The number of aliphatic hydroxyl groups excluding tert-OH is 1. The Kier molecular flexibility index (Phi) is 9.30. The zero-order valence-electron chi connectivity index (χ0n) is 13.5. The van der Waals surface area contributed by atoms with E-state index in [-0.39, 0.29) is 0 Å². The first-order valence-electron chi connectivity index (χ1n) is 7.88. The predicted octanol–water partition coefficient (Wildman–Crippen LogP) is 2.60. The van der Waals surface area contributed by atoms with Gasteiger partial charge in [-0.2, -0.15) is 0 Å². The first-order chi connectivity index (χ1) is 9.40. The molecule has 4 nitrogen and oxygen atoms in total. The van der Waals surface area contributed by atoms with E-state index in [4.69, 9.17) is 0 Å². The highest BCUT2D eigenvalue weighted by Gasteiger charge is 2.25. The van der Waals surface area contributed by atoms with Gasteiger partial charge in [-0.05, 0) is 20.3 Å². The maximum Gasteiger partial charge on any atom is 0.145 e. The molecule has 1 N–H and O–H groups in total. The molecular weight excluding hydrogens is 254 g/mol. The molecule has 0 amide bonds. The highest BCUT2D eigenvalue weighted by molar-refractivity contribution is 5.67. The van der Waals surface area contributed by atoms with Crippen LogP contribution in [-0.2, 0) is 4.79 Å². The molecule has 0 saturated carbocycles. The number of carbonyl (C=O) groups is 1. The van der Waals surface area contributed by atoms with Crippen LogP contribution >= 0.6 is 0 Å². The fourth-order valence-corrected chi connectivity index (χ4v) is 2.45. The molecule has 0 aromatic heterocycles.